The quantitative estimate of drug-likeness (QED) is 0.880. The van der Waals surface area contributed by atoms with Crippen molar-refractivity contribution < 1.29 is 13.9 Å². The summed E-state index contributed by atoms with van der Waals surface area (Å²) < 4.78 is 24.0. The van der Waals surface area contributed by atoms with Gasteiger partial charge in [-0.15, -0.1) is 0 Å². The van der Waals surface area contributed by atoms with Crippen LogP contribution in [0.4, 0.5) is 4.39 Å². The summed E-state index contributed by atoms with van der Waals surface area (Å²) in [7, 11) is 3.48. The van der Waals surface area contributed by atoms with Crippen molar-refractivity contribution in [1.29, 1.82) is 0 Å². The molecule has 0 aromatic heterocycles. The minimum absolute atomic E-state index is 0.251. The normalized spacial score (nSPS) is 10.5. The van der Waals surface area contributed by atoms with E-state index in [1.165, 1.54) is 12.1 Å². The van der Waals surface area contributed by atoms with Crippen molar-refractivity contribution in [3.05, 3.63) is 58.4 Å². The summed E-state index contributed by atoms with van der Waals surface area (Å²) in [6.45, 7) is 1.00. The first-order valence-corrected chi connectivity index (χ1v) is 6.90. The van der Waals surface area contributed by atoms with Crippen LogP contribution >= 0.6 is 11.6 Å². The summed E-state index contributed by atoms with van der Waals surface area (Å²) in [5.41, 5.74) is 1.82. The third-order valence-corrected chi connectivity index (χ3v) is 3.36. The molecule has 5 heteroatoms. The van der Waals surface area contributed by atoms with Gasteiger partial charge in [0.25, 0.3) is 0 Å². The molecule has 0 aliphatic rings. The molecule has 2 aromatic carbocycles. The van der Waals surface area contributed by atoms with Gasteiger partial charge in [-0.05, 0) is 36.9 Å². The molecule has 2 rings (SSSR count). The number of nitrogens with one attached hydrogen (secondary N) is 1. The van der Waals surface area contributed by atoms with Gasteiger partial charge in [-0.2, -0.15) is 0 Å². The lowest BCUT2D eigenvalue weighted by atomic mass is 10.2. The molecule has 0 unspecified atom stereocenters. The Kier molecular flexibility index (Phi) is 5.42. The number of benzene rings is 2. The lowest BCUT2D eigenvalue weighted by Crippen LogP contribution is -2.05. The van der Waals surface area contributed by atoms with Crippen molar-refractivity contribution in [2.45, 2.75) is 13.2 Å². The van der Waals surface area contributed by atoms with Crippen LogP contribution < -0.4 is 14.8 Å². The topological polar surface area (TPSA) is 30.5 Å². The van der Waals surface area contributed by atoms with E-state index in [1.54, 1.807) is 13.2 Å². The Morgan fingerprint density at radius 1 is 1.14 bits per heavy atom. The molecule has 0 radical (unpaired) electrons. The number of rotatable bonds is 6. The first-order valence-electron chi connectivity index (χ1n) is 6.52. The standard InChI is InChI=1S/C16H17ClFNO2/c1-19-9-11-3-6-15(16(7-11)20-2)21-10-12-4-5-13(18)8-14(12)17/h3-8,19H,9-10H2,1-2H3. The van der Waals surface area contributed by atoms with E-state index < -0.39 is 0 Å². The lowest BCUT2D eigenvalue weighted by molar-refractivity contribution is 0.284. The summed E-state index contributed by atoms with van der Waals surface area (Å²) >= 11 is 5.98. The molecule has 3 nitrogen and oxygen atoms in total. The first kappa shape index (κ1) is 15.6. The van der Waals surface area contributed by atoms with Gasteiger partial charge in [0.2, 0.25) is 0 Å². The second-order valence-electron chi connectivity index (χ2n) is 4.54. The molecular formula is C16H17ClFNO2. The molecule has 0 saturated heterocycles. The Hall–Kier alpha value is -1.78. The highest BCUT2D eigenvalue weighted by Crippen LogP contribution is 2.29. The molecule has 0 fully saturated rings. The number of hydrogen-bond donors (Lipinski definition) is 1. The maximum Gasteiger partial charge on any atom is 0.161 e. The van der Waals surface area contributed by atoms with Crippen LogP contribution in [-0.2, 0) is 13.2 Å². The number of methoxy groups -OCH3 is 1. The summed E-state index contributed by atoms with van der Waals surface area (Å²) in [6, 6.07) is 9.96. The van der Waals surface area contributed by atoms with Crippen LogP contribution in [0.15, 0.2) is 36.4 Å². The maximum absolute atomic E-state index is 13.0. The molecule has 2 aromatic rings. The van der Waals surface area contributed by atoms with E-state index in [1.807, 2.05) is 25.2 Å². The third-order valence-electron chi connectivity index (χ3n) is 3.01. The van der Waals surface area contributed by atoms with Gasteiger partial charge >= 0.3 is 0 Å². The largest absolute Gasteiger partial charge is 0.493 e. The second-order valence-corrected chi connectivity index (χ2v) is 4.95. The minimum atomic E-state index is -0.363. The van der Waals surface area contributed by atoms with Gasteiger partial charge in [-0.3, -0.25) is 0 Å². The van der Waals surface area contributed by atoms with Crippen LogP contribution in [0.5, 0.6) is 11.5 Å². The third kappa shape index (κ3) is 4.09. The summed E-state index contributed by atoms with van der Waals surface area (Å²) in [4.78, 5) is 0. The molecular weight excluding hydrogens is 293 g/mol. The fourth-order valence-electron chi connectivity index (χ4n) is 1.94. The summed E-state index contributed by atoms with van der Waals surface area (Å²) in [5, 5.41) is 3.42. The Morgan fingerprint density at radius 3 is 2.62 bits per heavy atom. The van der Waals surface area contributed by atoms with Gasteiger partial charge in [0.05, 0.1) is 12.1 Å². The van der Waals surface area contributed by atoms with Crippen molar-refractivity contribution >= 4 is 11.6 Å². The highest BCUT2D eigenvalue weighted by atomic mass is 35.5. The number of ether oxygens (including phenoxy) is 2. The average molecular weight is 310 g/mol. The van der Waals surface area contributed by atoms with Gasteiger partial charge in [0.1, 0.15) is 12.4 Å². The van der Waals surface area contributed by atoms with E-state index in [-0.39, 0.29) is 12.4 Å². The highest BCUT2D eigenvalue weighted by molar-refractivity contribution is 6.31. The fourth-order valence-corrected chi connectivity index (χ4v) is 2.16. The van der Waals surface area contributed by atoms with Crippen molar-refractivity contribution in [1.82, 2.24) is 5.32 Å². The van der Waals surface area contributed by atoms with E-state index in [0.29, 0.717) is 16.5 Å². The zero-order valence-corrected chi connectivity index (χ0v) is 12.7. The SMILES string of the molecule is CNCc1ccc(OCc2ccc(F)cc2Cl)c(OC)c1. The molecule has 0 atom stereocenters. The fraction of sp³-hybridized carbons (Fsp3) is 0.250. The molecule has 21 heavy (non-hydrogen) atoms. The Morgan fingerprint density at radius 2 is 1.95 bits per heavy atom. The van der Waals surface area contributed by atoms with Gasteiger partial charge in [0.15, 0.2) is 11.5 Å². The molecule has 0 heterocycles. The van der Waals surface area contributed by atoms with Crippen LogP contribution in [0.1, 0.15) is 11.1 Å². The number of hydrogen-bond acceptors (Lipinski definition) is 3. The van der Waals surface area contributed by atoms with E-state index >= 15 is 0 Å². The summed E-state index contributed by atoms with van der Waals surface area (Å²) in [6.07, 6.45) is 0. The molecule has 0 saturated carbocycles. The van der Waals surface area contributed by atoms with Crippen LogP contribution in [0, 0.1) is 5.82 Å². The Labute approximate surface area is 128 Å². The average Bonchev–Trinajstić information content (AvgIpc) is 2.47. The molecule has 0 spiro atoms. The van der Waals surface area contributed by atoms with Gasteiger partial charge in [-0.25, -0.2) is 4.39 Å². The second kappa shape index (κ2) is 7.29. The van der Waals surface area contributed by atoms with E-state index in [0.717, 1.165) is 17.7 Å². The predicted octanol–water partition coefficient (Wildman–Crippen LogP) is 3.79. The highest BCUT2D eigenvalue weighted by Gasteiger charge is 2.08. The molecule has 0 amide bonds. The molecule has 0 aliphatic carbocycles. The lowest BCUT2D eigenvalue weighted by Gasteiger charge is -2.13. The van der Waals surface area contributed by atoms with Crippen LogP contribution in [0.2, 0.25) is 5.02 Å². The van der Waals surface area contributed by atoms with Crippen molar-refractivity contribution in [2.24, 2.45) is 0 Å². The van der Waals surface area contributed by atoms with Crippen molar-refractivity contribution in [3.63, 3.8) is 0 Å². The smallest absolute Gasteiger partial charge is 0.161 e. The predicted molar refractivity (Wildman–Crippen MR) is 81.5 cm³/mol. The van der Waals surface area contributed by atoms with Gasteiger partial charge in [-0.1, -0.05) is 23.7 Å². The number of halogens is 2. The molecule has 0 bridgehead atoms. The van der Waals surface area contributed by atoms with E-state index in [9.17, 15) is 4.39 Å². The zero-order chi connectivity index (χ0) is 15.2. The van der Waals surface area contributed by atoms with Crippen LogP contribution in [0.25, 0.3) is 0 Å². The maximum atomic E-state index is 13.0. The molecule has 0 aliphatic heterocycles. The van der Waals surface area contributed by atoms with E-state index in [2.05, 4.69) is 5.32 Å². The van der Waals surface area contributed by atoms with Crippen LogP contribution in [0.3, 0.4) is 0 Å². The van der Waals surface area contributed by atoms with E-state index in [4.69, 9.17) is 21.1 Å². The first-order chi connectivity index (χ1) is 10.1. The summed E-state index contributed by atoms with van der Waals surface area (Å²) in [5.74, 6) is 0.913. The Bertz CT molecular complexity index is 619. The van der Waals surface area contributed by atoms with Gasteiger partial charge in [0, 0.05) is 12.1 Å². The minimum Gasteiger partial charge on any atom is -0.493 e. The monoisotopic (exact) mass is 309 g/mol. The van der Waals surface area contributed by atoms with Gasteiger partial charge < -0.3 is 14.8 Å². The molecule has 1 N–H and O–H groups in total. The molecule has 112 valence electrons. The van der Waals surface area contributed by atoms with Crippen molar-refractivity contribution in [3.8, 4) is 11.5 Å². The Balaban J connectivity index is 2.12. The van der Waals surface area contributed by atoms with Crippen molar-refractivity contribution in [2.75, 3.05) is 14.2 Å². The zero-order valence-electron chi connectivity index (χ0n) is 12.0. The van der Waals surface area contributed by atoms with Crippen LogP contribution in [-0.4, -0.2) is 14.2 Å².